The number of fused-ring (bicyclic) bond motifs is 2. The van der Waals surface area contributed by atoms with Gasteiger partial charge >= 0.3 is 0 Å². The van der Waals surface area contributed by atoms with E-state index in [2.05, 4.69) is 51.1 Å². The number of rotatable bonds is 11. The van der Waals surface area contributed by atoms with Crippen molar-refractivity contribution in [3.8, 4) is 0 Å². The summed E-state index contributed by atoms with van der Waals surface area (Å²) in [7, 11) is 0. The summed E-state index contributed by atoms with van der Waals surface area (Å²) in [4.78, 5) is 30.7. The number of benzene rings is 2. The van der Waals surface area contributed by atoms with Gasteiger partial charge in [-0.15, -0.1) is 0 Å². The number of nitrogens with zero attached hydrogens (tertiary/aromatic N) is 12. The minimum absolute atomic E-state index is 0.125. The molecule has 2 aromatic carbocycles. The second kappa shape index (κ2) is 19.4. The zero-order chi connectivity index (χ0) is 44.8. The minimum atomic E-state index is -0.142. The summed E-state index contributed by atoms with van der Waals surface area (Å²) in [6, 6.07) is 12.3. The molecule has 0 radical (unpaired) electrons. The van der Waals surface area contributed by atoms with E-state index in [-0.39, 0.29) is 12.1 Å². The maximum atomic E-state index is 7.09. The van der Waals surface area contributed by atoms with Crippen molar-refractivity contribution in [2.75, 3.05) is 62.2 Å². The summed E-state index contributed by atoms with van der Waals surface area (Å²) in [5.41, 5.74) is 5.08. The molecule has 344 valence electrons. The van der Waals surface area contributed by atoms with E-state index >= 15 is 0 Å². The molecule has 7 unspecified atom stereocenters. The summed E-state index contributed by atoms with van der Waals surface area (Å²) in [5.74, 6) is 3.29. The van der Waals surface area contributed by atoms with E-state index < -0.39 is 0 Å². The Kier molecular flexibility index (Phi) is 13.5. The molecule has 4 aromatic heterocycles. The van der Waals surface area contributed by atoms with Crippen LogP contribution in [0.5, 0.6) is 0 Å². The molecule has 0 spiro atoms. The smallest absolute Gasteiger partial charge is 0.179 e. The Balaban J connectivity index is 0.857. The molecule has 4 aliphatic heterocycles. The van der Waals surface area contributed by atoms with Crippen LogP contribution in [0, 0.1) is 17.8 Å². The third-order valence-electron chi connectivity index (χ3n) is 15.1. The molecule has 16 heteroatoms. The van der Waals surface area contributed by atoms with Gasteiger partial charge in [-0.1, -0.05) is 85.2 Å². The van der Waals surface area contributed by atoms with E-state index in [0.717, 1.165) is 123 Å². The van der Waals surface area contributed by atoms with Gasteiger partial charge in [0.15, 0.2) is 11.3 Å². The first-order chi connectivity index (χ1) is 31.6. The monoisotopic (exact) mass is 956 g/mol. The third kappa shape index (κ3) is 9.29. The van der Waals surface area contributed by atoms with Crippen LogP contribution in [0.4, 0.5) is 11.6 Å². The quantitative estimate of drug-likeness (QED) is 0.125. The summed E-state index contributed by atoms with van der Waals surface area (Å²) in [6.07, 6.45) is 18.0. The van der Waals surface area contributed by atoms with Crippen LogP contribution in [-0.2, 0) is 0 Å². The molecule has 4 fully saturated rings. The summed E-state index contributed by atoms with van der Waals surface area (Å²) >= 11 is 26.4. The number of likely N-dealkylation sites (tertiary alicyclic amines) is 2. The average molecular weight is 959 g/mol. The number of piperidine rings is 4. The lowest BCUT2D eigenvalue weighted by atomic mass is 9.84. The van der Waals surface area contributed by atoms with Crippen LogP contribution in [0.1, 0.15) is 102 Å². The Hall–Kier alpha value is -3.78. The zero-order valence-electron chi connectivity index (χ0n) is 37.7. The highest BCUT2D eigenvalue weighted by molar-refractivity contribution is 6.35. The van der Waals surface area contributed by atoms with Crippen LogP contribution in [0.2, 0.25) is 20.1 Å². The number of halogens is 4. The topological polar surface area (TPSA) is 100 Å². The second-order valence-corrected chi connectivity index (χ2v) is 20.8. The molecule has 0 bridgehead atoms. The third-order valence-corrected chi connectivity index (χ3v) is 16.3. The van der Waals surface area contributed by atoms with Crippen LogP contribution in [0.15, 0.2) is 61.2 Å². The lowest BCUT2D eigenvalue weighted by Crippen LogP contribution is -2.53. The van der Waals surface area contributed by atoms with E-state index in [1.165, 1.54) is 32.4 Å². The van der Waals surface area contributed by atoms with Gasteiger partial charge in [0.1, 0.15) is 22.7 Å². The van der Waals surface area contributed by atoms with Gasteiger partial charge in [-0.25, -0.2) is 29.3 Å². The van der Waals surface area contributed by atoms with Gasteiger partial charge < -0.3 is 9.80 Å². The maximum Gasteiger partial charge on any atom is 0.179 e. The Morgan fingerprint density at radius 3 is 1.88 bits per heavy atom. The fourth-order valence-electron chi connectivity index (χ4n) is 11.7. The highest BCUT2D eigenvalue weighted by atomic mass is 35.5. The van der Waals surface area contributed by atoms with Gasteiger partial charge in [0.2, 0.25) is 0 Å². The van der Waals surface area contributed by atoms with Crippen LogP contribution in [0.3, 0.4) is 0 Å². The van der Waals surface area contributed by atoms with Crippen molar-refractivity contribution >= 4 is 80.4 Å². The van der Waals surface area contributed by atoms with Crippen molar-refractivity contribution in [3.63, 3.8) is 0 Å². The summed E-state index contributed by atoms with van der Waals surface area (Å²) in [6.45, 7) is 15.2. The van der Waals surface area contributed by atoms with Gasteiger partial charge in [-0.2, -0.15) is 10.2 Å². The van der Waals surface area contributed by atoms with Crippen molar-refractivity contribution in [3.05, 3.63) is 92.4 Å². The molecule has 8 heterocycles. The first-order valence-electron chi connectivity index (χ1n) is 23.9. The molecule has 0 aliphatic carbocycles. The Labute approximate surface area is 402 Å². The van der Waals surface area contributed by atoms with Crippen molar-refractivity contribution in [1.82, 2.24) is 49.3 Å². The lowest BCUT2D eigenvalue weighted by molar-refractivity contribution is 0.0662. The minimum Gasteiger partial charge on any atom is -0.355 e. The fraction of sp³-hybridized carbons (Fsp3) is 0.551. The van der Waals surface area contributed by atoms with E-state index in [1.807, 2.05) is 47.5 Å². The van der Waals surface area contributed by atoms with Gasteiger partial charge in [-0.05, 0) is 125 Å². The Morgan fingerprint density at radius 2 is 1.23 bits per heavy atom. The molecule has 10 rings (SSSR count). The predicted molar refractivity (Wildman–Crippen MR) is 264 cm³/mol. The number of aromatic nitrogens is 8. The Morgan fingerprint density at radius 1 is 0.631 bits per heavy atom. The molecule has 0 N–H and O–H groups in total. The molecule has 4 aliphatic rings. The van der Waals surface area contributed by atoms with Crippen molar-refractivity contribution in [2.24, 2.45) is 17.8 Å². The molecule has 6 aromatic rings. The normalized spacial score (nSPS) is 24.8. The Bertz CT molecular complexity index is 2610. The first-order valence-corrected chi connectivity index (χ1v) is 25.4. The van der Waals surface area contributed by atoms with Gasteiger partial charge in [0, 0.05) is 64.9 Å². The predicted octanol–water partition coefficient (Wildman–Crippen LogP) is 10.9. The van der Waals surface area contributed by atoms with Gasteiger partial charge in [-0.3, -0.25) is 9.80 Å². The molecular formula is C49H60Cl4N12. The highest BCUT2D eigenvalue weighted by Crippen LogP contribution is 2.39. The summed E-state index contributed by atoms with van der Waals surface area (Å²) < 4.78 is 4.02. The molecule has 12 nitrogen and oxygen atoms in total. The number of anilines is 2. The largest absolute Gasteiger partial charge is 0.355 e. The number of hydrogen-bond acceptors (Lipinski definition) is 10. The molecule has 0 saturated carbocycles. The van der Waals surface area contributed by atoms with Crippen molar-refractivity contribution in [1.29, 1.82) is 0 Å². The average Bonchev–Trinajstić information content (AvgIpc) is 3.95. The molecule has 0 amide bonds. The lowest BCUT2D eigenvalue weighted by Gasteiger charge is -2.47. The van der Waals surface area contributed by atoms with E-state index in [0.29, 0.717) is 49.9 Å². The zero-order valence-corrected chi connectivity index (χ0v) is 40.7. The highest BCUT2D eigenvalue weighted by Gasteiger charge is 2.37. The van der Waals surface area contributed by atoms with E-state index in [4.69, 9.17) is 76.5 Å². The molecule has 4 saturated heterocycles. The van der Waals surface area contributed by atoms with E-state index in [1.54, 1.807) is 12.3 Å². The maximum absolute atomic E-state index is 7.09. The van der Waals surface area contributed by atoms with Crippen molar-refractivity contribution in [2.45, 2.75) is 103 Å². The van der Waals surface area contributed by atoms with Crippen LogP contribution < -0.4 is 9.80 Å². The molecule has 7 atom stereocenters. The first kappa shape index (κ1) is 45.0. The molecular weight excluding hydrogens is 898 g/mol. The fourth-order valence-corrected chi connectivity index (χ4v) is 12.8. The van der Waals surface area contributed by atoms with Gasteiger partial charge in [0.25, 0.3) is 0 Å². The van der Waals surface area contributed by atoms with Crippen molar-refractivity contribution < 1.29 is 0 Å². The molecule has 65 heavy (non-hydrogen) atoms. The number of hydrogen-bond donors (Lipinski definition) is 0. The van der Waals surface area contributed by atoms with Gasteiger partial charge in [0.05, 0.1) is 36.9 Å². The standard InChI is InChI=1S/C49H60Cl4N12/c1-4-34-30-63(47-27-54-41-24-56-64(48(41)58-47)32(3)37-12-10-35(50)22-39(37)52)20-15-44(34)61-18-8-9-33(29-61)21-45(38-13-11-36(51)23-40(38)53)65-49-42(25-57-65)55-26-46(59-49)62-19-14-43(31(2)28-62)60-16-6-5-7-17-60/h10-13,22-27,31-34,43-45H,4-9,14-21,28-30H2,1-3H3. The van der Waals surface area contributed by atoms with Crippen LogP contribution in [0.25, 0.3) is 22.3 Å². The summed E-state index contributed by atoms with van der Waals surface area (Å²) in [5, 5.41) is 12.2. The van der Waals surface area contributed by atoms with Crippen LogP contribution in [-0.4, -0.2) is 114 Å². The SMILES string of the molecule is CCC1CN(c2cnc3cnn(C(C)c4ccc(Cl)cc4Cl)c3n2)CCC1N1CCCC(CC(c2ccc(Cl)cc2Cl)n2ncc3ncc(N4CCC(N5CCCCC5)C(C)C4)nc32)C1. The van der Waals surface area contributed by atoms with E-state index in [9.17, 15) is 0 Å². The second-order valence-electron chi connectivity index (χ2n) is 19.2. The van der Waals surface area contributed by atoms with Crippen LogP contribution >= 0.6 is 46.4 Å².